The van der Waals surface area contributed by atoms with Crippen LogP contribution in [0.15, 0.2) is 22.7 Å². The lowest BCUT2D eigenvalue weighted by atomic mass is 10.0. The van der Waals surface area contributed by atoms with E-state index in [0.717, 1.165) is 19.1 Å². The Hall–Kier alpha value is -0.990. The van der Waals surface area contributed by atoms with E-state index in [4.69, 9.17) is 0 Å². The number of halogens is 2. The van der Waals surface area contributed by atoms with Crippen LogP contribution in [0.2, 0.25) is 0 Å². The number of hydrogen-bond donors (Lipinski definition) is 1. The zero-order valence-corrected chi connectivity index (χ0v) is 14.6. The van der Waals surface area contributed by atoms with Gasteiger partial charge in [0.1, 0.15) is 5.82 Å². The lowest BCUT2D eigenvalue weighted by Crippen LogP contribution is -2.49. The van der Waals surface area contributed by atoms with Crippen LogP contribution in [0.4, 0.5) is 4.39 Å². The lowest BCUT2D eigenvalue weighted by Gasteiger charge is -2.36. The van der Waals surface area contributed by atoms with Crippen LogP contribution >= 0.6 is 15.9 Å². The first-order chi connectivity index (χ1) is 10.3. The number of piperidine rings is 1. The fourth-order valence-corrected chi connectivity index (χ4v) is 3.40. The topological polar surface area (TPSA) is 66.5 Å². The molecule has 122 valence electrons. The van der Waals surface area contributed by atoms with Gasteiger partial charge in [0.2, 0.25) is 10.0 Å². The summed E-state index contributed by atoms with van der Waals surface area (Å²) in [5.41, 5.74) is 0.000584. The van der Waals surface area contributed by atoms with Gasteiger partial charge >= 0.3 is 0 Å². The first kappa shape index (κ1) is 17.4. The Labute approximate surface area is 138 Å². The third kappa shape index (κ3) is 4.50. The number of likely N-dealkylation sites (tertiary alicyclic amines) is 1. The second-order valence-corrected chi connectivity index (χ2v) is 8.14. The van der Waals surface area contributed by atoms with E-state index in [1.807, 2.05) is 0 Å². The maximum Gasteiger partial charge on any atom is 0.257 e. The van der Waals surface area contributed by atoms with E-state index in [1.165, 1.54) is 18.2 Å². The molecule has 0 aromatic heterocycles. The van der Waals surface area contributed by atoms with Crippen LogP contribution in [0.3, 0.4) is 0 Å². The number of sulfonamides is 1. The molecule has 8 heteroatoms. The summed E-state index contributed by atoms with van der Waals surface area (Å²) in [4.78, 5) is 14.2. The maximum absolute atomic E-state index is 13.9. The highest BCUT2D eigenvalue weighted by molar-refractivity contribution is 9.10. The smallest absolute Gasteiger partial charge is 0.257 e. The van der Waals surface area contributed by atoms with Gasteiger partial charge in [0.05, 0.1) is 11.8 Å². The van der Waals surface area contributed by atoms with Crippen molar-refractivity contribution in [2.45, 2.75) is 25.3 Å². The van der Waals surface area contributed by atoms with Crippen LogP contribution in [0.25, 0.3) is 0 Å². The molecule has 1 fully saturated rings. The van der Waals surface area contributed by atoms with Gasteiger partial charge in [0, 0.05) is 23.6 Å². The summed E-state index contributed by atoms with van der Waals surface area (Å²) in [6, 6.07) is 3.97. The standard InChI is InChI=1S/C14H18BrFN2O3S/c1-22(20,21)17-9-11-4-2-3-7-18(11)14(19)12-8-10(15)5-6-13(12)16/h5-6,8,11,17H,2-4,7,9H2,1H3. The molecule has 1 unspecified atom stereocenters. The summed E-state index contributed by atoms with van der Waals surface area (Å²) < 4.78 is 39.4. The molecule has 1 N–H and O–H groups in total. The third-order valence-corrected chi connectivity index (χ3v) is 4.81. The zero-order chi connectivity index (χ0) is 16.3. The van der Waals surface area contributed by atoms with Crippen molar-refractivity contribution in [1.29, 1.82) is 0 Å². The number of carbonyl (C=O) groups excluding carboxylic acids is 1. The van der Waals surface area contributed by atoms with Gasteiger partial charge in [-0.25, -0.2) is 17.5 Å². The molecule has 0 aliphatic carbocycles. The number of nitrogens with one attached hydrogen (secondary N) is 1. The van der Waals surface area contributed by atoms with Crippen molar-refractivity contribution in [3.8, 4) is 0 Å². The van der Waals surface area contributed by atoms with E-state index in [2.05, 4.69) is 20.7 Å². The molecule has 0 saturated carbocycles. The van der Waals surface area contributed by atoms with Gasteiger partial charge in [-0.15, -0.1) is 0 Å². The van der Waals surface area contributed by atoms with Crippen molar-refractivity contribution in [1.82, 2.24) is 9.62 Å². The van der Waals surface area contributed by atoms with Gasteiger partial charge < -0.3 is 4.90 Å². The molecule has 22 heavy (non-hydrogen) atoms. The van der Waals surface area contributed by atoms with E-state index in [1.54, 1.807) is 4.90 Å². The molecule has 1 atom stereocenters. The Balaban J connectivity index is 2.19. The fourth-order valence-electron chi connectivity index (χ4n) is 2.54. The number of nitrogens with zero attached hydrogens (tertiary/aromatic N) is 1. The van der Waals surface area contributed by atoms with Crippen LogP contribution in [-0.4, -0.2) is 44.6 Å². The Kier molecular flexibility index (Phi) is 5.57. The molecule has 0 bridgehead atoms. The molecule has 1 aromatic rings. The summed E-state index contributed by atoms with van der Waals surface area (Å²) in [5.74, 6) is -0.979. The number of benzene rings is 1. The van der Waals surface area contributed by atoms with Crippen molar-refractivity contribution in [2.24, 2.45) is 0 Å². The second kappa shape index (κ2) is 7.06. The number of hydrogen-bond acceptors (Lipinski definition) is 3. The molecule has 1 heterocycles. The van der Waals surface area contributed by atoms with Crippen LogP contribution in [0.1, 0.15) is 29.6 Å². The molecule has 1 amide bonds. The van der Waals surface area contributed by atoms with E-state index in [0.29, 0.717) is 17.4 Å². The number of carbonyl (C=O) groups is 1. The van der Waals surface area contributed by atoms with Gasteiger partial charge in [-0.05, 0) is 37.5 Å². The minimum atomic E-state index is -3.32. The van der Waals surface area contributed by atoms with Crippen molar-refractivity contribution >= 4 is 31.9 Å². The predicted octanol–water partition coefficient (Wildman–Crippen LogP) is 2.13. The van der Waals surface area contributed by atoms with Crippen molar-refractivity contribution in [3.05, 3.63) is 34.1 Å². The van der Waals surface area contributed by atoms with Crippen LogP contribution < -0.4 is 4.72 Å². The van der Waals surface area contributed by atoms with Crippen molar-refractivity contribution in [3.63, 3.8) is 0 Å². The quantitative estimate of drug-likeness (QED) is 0.853. The molecule has 0 spiro atoms. The summed E-state index contributed by atoms with van der Waals surface area (Å²) in [6.07, 6.45) is 3.53. The zero-order valence-electron chi connectivity index (χ0n) is 12.2. The average molecular weight is 393 g/mol. The van der Waals surface area contributed by atoms with E-state index in [-0.39, 0.29) is 18.2 Å². The maximum atomic E-state index is 13.9. The summed E-state index contributed by atoms with van der Waals surface area (Å²) in [6.45, 7) is 0.654. The molecule has 5 nitrogen and oxygen atoms in total. The monoisotopic (exact) mass is 392 g/mol. The summed E-state index contributed by atoms with van der Waals surface area (Å²) in [7, 11) is -3.32. The van der Waals surface area contributed by atoms with E-state index >= 15 is 0 Å². The highest BCUT2D eigenvalue weighted by Gasteiger charge is 2.29. The van der Waals surface area contributed by atoms with Gasteiger partial charge in [-0.3, -0.25) is 4.79 Å². The predicted molar refractivity (Wildman–Crippen MR) is 85.6 cm³/mol. The number of amides is 1. The Morgan fingerprint density at radius 1 is 1.45 bits per heavy atom. The second-order valence-electron chi connectivity index (χ2n) is 5.39. The largest absolute Gasteiger partial charge is 0.334 e. The molecule has 0 radical (unpaired) electrons. The molecule has 1 saturated heterocycles. The Bertz CT molecular complexity index is 666. The average Bonchev–Trinajstić information content (AvgIpc) is 2.46. The molecule has 1 aliphatic heterocycles. The van der Waals surface area contributed by atoms with E-state index in [9.17, 15) is 17.6 Å². The van der Waals surface area contributed by atoms with Crippen molar-refractivity contribution in [2.75, 3.05) is 19.3 Å². The highest BCUT2D eigenvalue weighted by atomic mass is 79.9. The molecular weight excluding hydrogens is 375 g/mol. The van der Waals surface area contributed by atoms with Crippen LogP contribution in [0, 0.1) is 5.82 Å². The first-order valence-electron chi connectivity index (χ1n) is 6.98. The van der Waals surface area contributed by atoms with E-state index < -0.39 is 21.7 Å². The van der Waals surface area contributed by atoms with Gasteiger partial charge in [-0.1, -0.05) is 15.9 Å². The molecular formula is C14H18BrFN2O3S. The van der Waals surface area contributed by atoms with Crippen LogP contribution in [0.5, 0.6) is 0 Å². The molecule has 1 aromatic carbocycles. The lowest BCUT2D eigenvalue weighted by molar-refractivity contribution is 0.0614. The fraction of sp³-hybridized carbons (Fsp3) is 0.500. The molecule has 1 aliphatic rings. The summed E-state index contributed by atoms with van der Waals surface area (Å²) >= 11 is 3.23. The normalized spacial score (nSPS) is 19.2. The SMILES string of the molecule is CS(=O)(=O)NCC1CCCCN1C(=O)c1cc(Br)ccc1F. The Morgan fingerprint density at radius 3 is 2.86 bits per heavy atom. The van der Waals surface area contributed by atoms with Crippen LogP contribution in [-0.2, 0) is 10.0 Å². The van der Waals surface area contributed by atoms with Gasteiger partial charge in [0.15, 0.2) is 0 Å². The molecule has 2 rings (SSSR count). The third-order valence-electron chi connectivity index (χ3n) is 3.63. The Morgan fingerprint density at radius 2 is 2.18 bits per heavy atom. The van der Waals surface area contributed by atoms with Crippen molar-refractivity contribution < 1.29 is 17.6 Å². The van der Waals surface area contributed by atoms with Gasteiger partial charge in [0.25, 0.3) is 5.91 Å². The minimum absolute atomic E-state index is 0.000584. The summed E-state index contributed by atoms with van der Waals surface area (Å²) in [5, 5.41) is 0. The highest BCUT2D eigenvalue weighted by Crippen LogP contribution is 2.22. The number of rotatable bonds is 4. The van der Waals surface area contributed by atoms with Gasteiger partial charge in [-0.2, -0.15) is 0 Å². The minimum Gasteiger partial charge on any atom is -0.334 e. The first-order valence-corrected chi connectivity index (χ1v) is 9.67.